The smallest absolute Gasteiger partial charge is 0.333 e. The molecular weight excluding hydrogens is 276 g/mol. The van der Waals surface area contributed by atoms with Gasteiger partial charge in [0.25, 0.3) is 5.69 Å². The van der Waals surface area contributed by atoms with E-state index in [1.165, 1.54) is 18.2 Å². The van der Waals surface area contributed by atoms with Gasteiger partial charge in [-0.1, -0.05) is 6.07 Å². The van der Waals surface area contributed by atoms with Gasteiger partial charge >= 0.3 is 6.03 Å². The van der Waals surface area contributed by atoms with Gasteiger partial charge in [0.05, 0.1) is 22.8 Å². The number of non-ortho nitro benzene ring substituents is 1. The molecule has 8 heteroatoms. The topological polar surface area (TPSA) is 106 Å². The van der Waals surface area contributed by atoms with Crippen molar-refractivity contribution in [1.82, 2.24) is 10.7 Å². The first-order chi connectivity index (χ1) is 10.1. The van der Waals surface area contributed by atoms with Crippen molar-refractivity contribution in [3.05, 3.63) is 34.4 Å². The molecule has 114 valence electrons. The number of amides is 2. The normalized spacial score (nSPS) is 18.8. The van der Waals surface area contributed by atoms with Gasteiger partial charge in [0.1, 0.15) is 0 Å². The van der Waals surface area contributed by atoms with E-state index in [1.807, 2.05) is 6.92 Å². The van der Waals surface area contributed by atoms with E-state index >= 15 is 0 Å². The SMILES string of the molecule is CC(NC(=O)NNc1cccc([N+](=O)[O-])c1)C1CCCO1. The number of nitro groups is 1. The van der Waals surface area contributed by atoms with Gasteiger partial charge in [-0.15, -0.1) is 0 Å². The number of ether oxygens (including phenoxy) is 1. The van der Waals surface area contributed by atoms with E-state index in [4.69, 9.17) is 4.74 Å². The fraction of sp³-hybridized carbons (Fsp3) is 0.462. The Kier molecular flexibility index (Phi) is 4.94. The van der Waals surface area contributed by atoms with Gasteiger partial charge in [-0.25, -0.2) is 4.79 Å². The third kappa shape index (κ3) is 4.32. The summed E-state index contributed by atoms with van der Waals surface area (Å²) in [5.41, 5.74) is 5.46. The molecule has 0 aromatic heterocycles. The number of nitrogens with zero attached hydrogens (tertiary/aromatic N) is 1. The molecule has 8 nitrogen and oxygen atoms in total. The second kappa shape index (κ2) is 6.89. The molecule has 1 saturated heterocycles. The summed E-state index contributed by atoms with van der Waals surface area (Å²) in [5.74, 6) is 0. The Bertz CT molecular complexity index is 517. The lowest BCUT2D eigenvalue weighted by molar-refractivity contribution is -0.384. The van der Waals surface area contributed by atoms with Crippen molar-refractivity contribution in [3.63, 3.8) is 0 Å². The van der Waals surface area contributed by atoms with E-state index in [-0.39, 0.29) is 17.8 Å². The van der Waals surface area contributed by atoms with Crippen molar-refractivity contribution in [2.45, 2.75) is 31.9 Å². The Morgan fingerprint density at radius 1 is 1.52 bits per heavy atom. The predicted octanol–water partition coefficient (Wildman–Crippen LogP) is 1.79. The average Bonchev–Trinajstić information content (AvgIpc) is 2.99. The highest BCUT2D eigenvalue weighted by Crippen LogP contribution is 2.16. The van der Waals surface area contributed by atoms with Crippen LogP contribution in [0.1, 0.15) is 19.8 Å². The first-order valence-electron chi connectivity index (χ1n) is 6.75. The minimum absolute atomic E-state index is 0.0357. The van der Waals surface area contributed by atoms with Gasteiger partial charge < -0.3 is 10.1 Å². The van der Waals surface area contributed by atoms with E-state index in [2.05, 4.69) is 16.2 Å². The van der Waals surface area contributed by atoms with Crippen LogP contribution in [-0.4, -0.2) is 29.7 Å². The highest BCUT2D eigenvalue weighted by atomic mass is 16.6. The number of hydrogen-bond donors (Lipinski definition) is 3. The molecular formula is C13H18N4O4. The molecule has 3 N–H and O–H groups in total. The Labute approximate surface area is 122 Å². The standard InChI is InChI=1S/C13H18N4O4/c1-9(12-6-3-7-21-12)14-13(18)16-15-10-4-2-5-11(8-10)17(19)20/h2,4-5,8-9,12,15H,3,6-7H2,1H3,(H2,14,16,18). The summed E-state index contributed by atoms with van der Waals surface area (Å²) in [6, 6.07) is 5.37. The first-order valence-corrected chi connectivity index (χ1v) is 6.75. The van der Waals surface area contributed by atoms with Crippen molar-refractivity contribution in [2.75, 3.05) is 12.0 Å². The third-order valence-corrected chi connectivity index (χ3v) is 3.26. The molecule has 0 radical (unpaired) electrons. The number of urea groups is 1. The molecule has 2 atom stereocenters. The summed E-state index contributed by atoms with van der Waals surface area (Å²) in [4.78, 5) is 21.9. The second-order valence-electron chi connectivity index (χ2n) is 4.87. The van der Waals surface area contributed by atoms with Crippen molar-refractivity contribution in [2.24, 2.45) is 0 Å². The number of carbonyl (C=O) groups excluding carboxylic acids is 1. The fourth-order valence-corrected chi connectivity index (χ4v) is 2.16. The maximum Gasteiger partial charge on any atom is 0.333 e. The lowest BCUT2D eigenvalue weighted by Gasteiger charge is -2.20. The van der Waals surface area contributed by atoms with Crippen LogP contribution < -0.4 is 16.2 Å². The largest absolute Gasteiger partial charge is 0.376 e. The average molecular weight is 294 g/mol. The molecule has 1 aliphatic rings. The van der Waals surface area contributed by atoms with Crippen LogP contribution in [0.25, 0.3) is 0 Å². The van der Waals surface area contributed by atoms with Crippen molar-refractivity contribution in [3.8, 4) is 0 Å². The molecule has 2 rings (SSSR count). The fourth-order valence-electron chi connectivity index (χ4n) is 2.16. The summed E-state index contributed by atoms with van der Waals surface area (Å²) in [5, 5.41) is 13.4. The van der Waals surface area contributed by atoms with E-state index in [9.17, 15) is 14.9 Å². The Hall–Kier alpha value is -2.35. The number of hydrogen-bond acceptors (Lipinski definition) is 5. The van der Waals surface area contributed by atoms with Gasteiger partial charge in [-0.3, -0.25) is 21.0 Å². The summed E-state index contributed by atoms with van der Waals surface area (Å²) >= 11 is 0. The monoisotopic (exact) mass is 294 g/mol. The number of carbonyl (C=O) groups is 1. The molecule has 0 aliphatic carbocycles. The number of rotatable bonds is 5. The van der Waals surface area contributed by atoms with E-state index in [0.717, 1.165) is 19.4 Å². The van der Waals surface area contributed by atoms with Gasteiger partial charge in [0, 0.05) is 18.7 Å². The molecule has 1 fully saturated rings. The number of nitro benzene ring substituents is 1. The van der Waals surface area contributed by atoms with E-state index < -0.39 is 11.0 Å². The van der Waals surface area contributed by atoms with Crippen molar-refractivity contribution < 1.29 is 14.5 Å². The Morgan fingerprint density at radius 3 is 3.00 bits per heavy atom. The van der Waals surface area contributed by atoms with Gasteiger partial charge in [0.2, 0.25) is 0 Å². The maximum absolute atomic E-state index is 11.7. The molecule has 21 heavy (non-hydrogen) atoms. The van der Waals surface area contributed by atoms with Crippen LogP contribution >= 0.6 is 0 Å². The van der Waals surface area contributed by atoms with Crippen LogP contribution in [-0.2, 0) is 4.74 Å². The zero-order chi connectivity index (χ0) is 15.2. The lowest BCUT2D eigenvalue weighted by atomic mass is 10.1. The molecule has 1 heterocycles. The lowest BCUT2D eigenvalue weighted by Crippen LogP contribution is -2.47. The number of hydrazine groups is 1. The molecule has 2 unspecified atom stereocenters. The number of anilines is 1. The predicted molar refractivity (Wildman–Crippen MR) is 76.8 cm³/mol. The highest BCUT2D eigenvalue weighted by molar-refractivity contribution is 5.76. The van der Waals surface area contributed by atoms with E-state index in [0.29, 0.717) is 5.69 Å². The van der Waals surface area contributed by atoms with Gasteiger partial charge in [0.15, 0.2) is 0 Å². The summed E-state index contributed by atoms with van der Waals surface area (Å²) in [7, 11) is 0. The van der Waals surface area contributed by atoms with Crippen LogP contribution in [0.4, 0.5) is 16.2 Å². The van der Waals surface area contributed by atoms with Crippen LogP contribution in [0.3, 0.4) is 0 Å². The molecule has 2 amide bonds. The zero-order valence-corrected chi connectivity index (χ0v) is 11.7. The molecule has 1 aromatic rings. The van der Waals surface area contributed by atoms with Crippen LogP contribution in [0, 0.1) is 10.1 Å². The summed E-state index contributed by atoms with van der Waals surface area (Å²) in [6.07, 6.45) is 1.97. The second-order valence-corrected chi connectivity index (χ2v) is 4.87. The molecule has 1 aromatic carbocycles. The van der Waals surface area contributed by atoms with Crippen molar-refractivity contribution >= 4 is 17.4 Å². The highest BCUT2D eigenvalue weighted by Gasteiger charge is 2.23. The molecule has 0 spiro atoms. The quantitative estimate of drug-likeness (QED) is 0.567. The Morgan fingerprint density at radius 2 is 2.33 bits per heavy atom. The minimum Gasteiger partial charge on any atom is -0.376 e. The van der Waals surface area contributed by atoms with Crippen molar-refractivity contribution in [1.29, 1.82) is 0 Å². The zero-order valence-electron chi connectivity index (χ0n) is 11.7. The van der Waals surface area contributed by atoms with E-state index in [1.54, 1.807) is 6.07 Å². The number of nitrogens with one attached hydrogen (secondary N) is 3. The summed E-state index contributed by atoms with van der Waals surface area (Å²) < 4.78 is 5.48. The maximum atomic E-state index is 11.7. The van der Waals surface area contributed by atoms with Crippen LogP contribution in [0.5, 0.6) is 0 Å². The summed E-state index contributed by atoms with van der Waals surface area (Å²) in [6.45, 7) is 2.60. The van der Waals surface area contributed by atoms with Crippen LogP contribution in [0.15, 0.2) is 24.3 Å². The first kappa shape index (κ1) is 15.0. The molecule has 0 saturated carbocycles. The van der Waals surface area contributed by atoms with Gasteiger partial charge in [-0.05, 0) is 25.8 Å². The molecule has 1 aliphatic heterocycles. The minimum atomic E-state index is -0.495. The third-order valence-electron chi connectivity index (χ3n) is 3.26. The number of benzene rings is 1. The molecule has 0 bridgehead atoms. The van der Waals surface area contributed by atoms with Crippen LogP contribution in [0.2, 0.25) is 0 Å². The van der Waals surface area contributed by atoms with Gasteiger partial charge in [-0.2, -0.15) is 0 Å². The Balaban J connectivity index is 1.80.